The van der Waals surface area contributed by atoms with Gasteiger partial charge in [-0.25, -0.2) is 13.2 Å². The number of carbonyl (C=O) groups excluding carboxylic acids is 1. The fraction of sp³-hybridized carbons (Fsp3) is 0.240. The van der Waals surface area contributed by atoms with Crippen LogP contribution in [0, 0.1) is 0 Å². The molecule has 0 atom stereocenters. The van der Waals surface area contributed by atoms with Crippen LogP contribution in [0.1, 0.15) is 18.4 Å². The van der Waals surface area contributed by atoms with Gasteiger partial charge in [0.25, 0.3) is 0 Å². The number of carbonyl (C=O) groups is 1. The Bertz CT molecular complexity index is 1270. The Hall–Kier alpha value is -3.10. The maximum absolute atomic E-state index is 13.2. The first-order chi connectivity index (χ1) is 15.9. The molecule has 0 N–H and O–H groups in total. The van der Waals surface area contributed by atoms with E-state index in [1.807, 2.05) is 54.6 Å². The van der Waals surface area contributed by atoms with Gasteiger partial charge in [0.2, 0.25) is 10.0 Å². The lowest BCUT2D eigenvalue weighted by atomic mass is 9.92. The molecule has 1 amide bonds. The number of sulfonamides is 1. The van der Waals surface area contributed by atoms with E-state index < -0.39 is 16.1 Å². The molecule has 1 saturated heterocycles. The van der Waals surface area contributed by atoms with Crippen LogP contribution in [0.25, 0.3) is 11.1 Å². The highest BCUT2D eigenvalue weighted by atomic mass is 32.2. The number of piperidine rings is 1. The number of cyclic esters (lactones) is 1. The summed E-state index contributed by atoms with van der Waals surface area (Å²) in [5.41, 5.74) is 4.28. The zero-order chi connectivity index (χ0) is 23.0. The topological polar surface area (TPSA) is 66.9 Å². The highest BCUT2D eigenvalue weighted by molar-refractivity contribution is 7.89. The molecular formula is C25H23BN2O4S. The first kappa shape index (κ1) is 21.7. The number of rotatable bonds is 4. The van der Waals surface area contributed by atoms with Crippen molar-refractivity contribution in [2.75, 3.05) is 18.0 Å². The summed E-state index contributed by atoms with van der Waals surface area (Å²) < 4.78 is 33.3. The lowest BCUT2D eigenvalue weighted by Crippen LogP contribution is -2.50. The Morgan fingerprint density at radius 1 is 0.879 bits per heavy atom. The normalized spacial score (nSPS) is 17.5. The summed E-state index contributed by atoms with van der Waals surface area (Å²) in [7, 11) is 2.26. The van der Waals surface area contributed by atoms with Crippen molar-refractivity contribution in [3.8, 4) is 11.1 Å². The Labute approximate surface area is 195 Å². The van der Waals surface area contributed by atoms with Crippen molar-refractivity contribution in [2.45, 2.75) is 30.4 Å². The summed E-state index contributed by atoms with van der Waals surface area (Å²) in [6.45, 7) is 0.866. The smallest absolute Gasteiger partial charge is 0.414 e. The number of hydrogen-bond acceptors (Lipinski definition) is 4. The predicted octanol–water partition coefficient (Wildman–Crippen LogP) is 3.46. The molecule has 0 unspecified atom stereocenters. The lowest BCUT2D eigenvalue weighted by Gasteiger charge is -2.39. The van der Waals surface area contributed by atoms with Crippen LogP contribution < -0.4 is 10.4 Å². The summed E-state index contributed by atoms with van der Waals surface area (Å²) in [5.74, 6) is 0. The van der Waals surface area contributed by atoms with Crippen LogP contribution in [0.5, 0.6) is 0 Å². The summed E-state index contributed by atoms with van der Waals surface area (Å²) >= 11 is 0. The third-order valence-corrected chi connectivity index (χ3v) is 8.21. The molecule has 0 saturated carbocycles. The van der Waals surface area contributed by atoms with Gasteiger partial charge in [0.1, 0.15) is 14.5 Å². The quantitative estimate of drug-likeness (QED) is 0.562. The number of anilines is 1. The summed E-state index contributed by atoms with van der Waals surface area (Å²) in [6, 6.07) is 22.1. The number of benzene rings is 3. The van der Waals surface area contributed by atoms with Gasteiger partial charge < -0.3 is 4.74 Å². The molecule has 33 heavy (non-hydrogen) atoms. The van der Waals surface area contributed by atoms with Gasteiger partial charge in [-0.1, -0.05) is 60.1 Å². The van der Waals surface area contributed by atoms with E-state index in [-0.39, 0.29) is 17.5 Å². The molecule has 0 aromatic heterocycles. The van der Waals surface area contributed by atoms with Gasteiger partial charge in [0.15, 0.2) is 0 Å². The molecule has 1 fully saturated rings. The molecule has 2 radical (unpaired) electrons. The first-order valence-corrected chi connectivity index (χ1v) is 12.4. The number of hydrogen-bond donors (Lipinski definition) is 0. The second-order valence-corrected chi connectivity index (χ2v) is 10.3. The molecule has 0 bridgehead atoms. The second kappa shape index (κ2) is 8.69. The highest BCUT2D eigenvalue weighted by Crippen LogP contribution is 2.32. The molecule has 2 aliphatic heterocycles. The average Bonchev–Trinajstić information content (AvgIpc) is 2.85. The monoisotopic (exact) mass is 458 g/mol. The SMILES string of the molecule is [B]c1ccc2c(c1)COC(=O)N2C1CCN(S(=O)(=O)c2ccc(-c3ccccc3)cc2)CC1. The van der Waals surface area contributed by atoms with Crippen LogP contribution in [0.2, 0.25) is 0 Å². The minimum atomic E-state index is -3.61. The summed E-state index contributed by atoms with van der Waals surface area (Å²) in [6.07, 6.45) is 0.658. The van der Waals surface area contributed by atoms with Gasteiger partial charge in [0.05, 0.1) is 10.6 Å². The molecule has 3 aromatic rings. The van der Waals surface area contributed by atoms with Crippen molar-refractivity contribution in [1.29, 1.82) is 0 Å². The number of nitrogens with zero attached hydrogens (tertiary/aromatic N) is 2. The molecule has 2 aliphatic rings. The minimum absolute atomic E-state index is 0.132. The Balaban J connectivity index is 1.30. The highest BCUT2D eigenvalue weighted by Gasteiger charge is 2.37. The summed E-state index contributed by atoms with van der Waals surface area (Å²) in [4.78, 5) is 14.5. The molecule has 6 nitrogen and oxygen atoms in total. The van der Waals surface area contributed by atoms with Crippen LogP contribution in [0.3, 0.4) is 0 Å². The van der Waals surface area contributed by atoms with E-state index in [9.17, 15) is 13.2 Å². The van der Waals surface area contributed by atoms with Gasteiger partial charge in [-0.2, -0.15) is 4.31 Å². The maximum atomic E-state index is 13.2. The lowest BCUT2D eigenvalue weighted by molar-refractivity contribution is 0.136. The molecule has 2 heterocycles. The molecule has 3 aromatic carbocycles. The minimum Gasteiger partial charge on any atom is -0.444 e. The van der Waals surface area contributed by atoms with Gasteiger partial charge in [-0.3, -0.25) is 4.90 Å². The standard InChI is InChI=1S/C25H23BN2O4S/c26-21-8-11-24-20(16-21)17-32-25(29)28(24)22-12-14-27(15-13-22)33(30,31)23-9-6-19(7-10-23)18-4-2-1-3-5-18/h1-11,16,22H,12-15,17H2. The van der Waals surface area contributed by atoms with E-state index >= 15 is 0 Å². The first-order valence-electron chi connectivity index (χ1n) is 10.9. The van der Waals surface area contributed by atoms with Gasteiger partial charge in [-0.15, -0.1) is 0 Å². The van der Waals surface area contributed by atoms with E-state index in [2.05, 4.69) is 0 Å². The average molecular weight is 458 g/mol. The van der Waals surface area contributed by atoms with Crippen LogP contribution in [-0.2, 0) is 21.4 Å². The number of amides is 1. The van der Waals surface area contributed by atoms with Crippen LogP contribution in [-0.4, -0.2) is 45.8 Å². The van der Waals surface area contributed by atoms with Gasteiger partial charge in [-0.05, 0) is 42.2 Å². The van der Waals surface area contributed by atoms with E-state index in [4.69, 9.17) is 12.6 Å². The fourth-order valence-corrected chi connectivity index (χ4v) is 6.02. The maximum Gasteiger partial charge on any atom is 0.414 e. The van der Waals surface area contributed by atoms with Crippen molar-refractivity contribution in [3.05, 3.63) is 78.4 Å². The summed E-state index contributed by atoms with van der Waals surface area (Å²) in [5, 5.41) is 0. The van der Waals surface area contributed by atoms with Crippen molar-refractivity contribution in [3.63, 3.8) is 0 Å². The second-order valence-electron chi connectivity index (χ2n) is 8.34. The van der Waals surface area contributed by atoms with Crippen LogP contribution in [0.15, 0.2) is 77.7 Å². The van der Waals surface area contributed by atoms with Gasteiger partial charge >= 0.3 is 6.09 Å². The fourth-order valence-electron chi connectivity index (χ4n) is 4.55. The Morgan fingerprint density at radius 2 is 1.55 bits per heavy atom. The van der Waals surface area contributed by atoms with Crippen LogP contribution >= 0.6 is 0 Å². The zero-order valence-electron chi connectivity index (χ0n) is 18.1. The largest absolute Gasteiger partial charge is 0.444 e. The molecule has 0 spiro atoms. The predicted molar refractivity (Wildman–Crippen MR) is 128 cm³/mol. The zero-order valence-corrected chi connectivity index (χ0v) is 18.9. The third-order valence-electron chi connectivity index (χ3n) is 6.30. The number of ether oxygens (including phenoxy) is 1. The molecular weight excluding hydrogens is 435 g/mol. The van der Waals surface area contributed by atoms with Gasteiger partial charge in [0, 0.05) is 24.7 Å². The van der Waals surface area contributed by atoms with E-state index in [1.54, 1.807) is 23.1 Å². The third kappa shape index (κ3) is 4.16. The molecule has 8 heteroatoms. The van der Waals surface area contributed by atoms with Crippen LogP contribution in [0.4, 0.5) is 10.5 Å². The Morgan fingerprint density at radius 3 is 2.24 bits per heavy atom. The number of fused-ring (bicyclic) bond motifs is 1. The van der Waals surface area contributed by atoms with Crippen molar-refractivity contribution in [2.24, 2.45) is 0 Å². The van der Waals surface area contributed by atoms with E-state index in [0.29, 0.717) is 31.4 Å². The molecule has 5 rings (SSSR count). The molecule has 0 aliphatic carbocycles. The van der Waals surface area contributed by atoms with Crippen molar-refractivity contribution in [1.82, 2.24) is 4.31 Å². The van der Waals surface area contributed by atoms with Crippen molar-refractivity contribution < 1.29 is 17.9 Å². The Kier molecular flexibility index (Phi) is 5.72. The van der Waals surface area contributed by atoms with E-state index in [0.717, 1.165) is 22.4 Å². The van der Waals surface area contributed by atoms with E-state index in [1.165, 1.54) is 4.31 Å². The van der Waals surface area contributed by atoms with Crippen molar-refractivity contribution >= 4 is 35.1 Å². The molecule has 166 valence electrons.